The van der Waals surface area contributed by atoms with Gasteiger partial charge in [0.1, 0.15) is 9.39 Å². The zero-order valence-electron chi connectivity index (χ0n) is 6.30. The monoisotopic (exact) mass is 298 g/mol. The van der Waals surface area contributed by atoms with E-state index in [2.05, 4.69) is 4.98 Å². The van der Waals surface area contributed by atoms with Gasteiger partial charge in [-0.15, -0.1) is 0 Å². The highest BCUT2D eigenvalue weighted by molar-refractivity contribution is 14.1. The van der Waals surface area contributed by atoms with Crippen LogP contribution in [0.25, 0.3) is 0 Å². The molecule has 70 valence electrons. The number of alkyl halides is 2. The maximum absolute atomic E-state index is 12.3. The van der Waals surface area contributed by atoms with Crippen molar-refractivity contribution in [2.75, 3.05) is 5.73 Å². The lowest BCUT2D eigenvalue weighted by Crippen LogP contribution is -2.04. The summed E-state index contributed by atoms with van der Waals surface area (Å²) in [4.78, 5) is 14.1. The molecule has 0 spiro atoms. The third kappa shape index (κ3) is 2.11. The molecule has 0 aliphatic rings. The number of pyridine rings is 1. The van der Waals surface area contributed by atoms with Gasteiger partial charge in [-0.1, -0.05) is 0 Å². The maximum Gasteiger partial charge on any atom is 0.266 e. The molecular formula is C7H5F2IN2O. The summed E-state index contributed by atoms with van der Waals surface area (Å²) in [6.45, 7) is 0. The number of carbonyl (C=O) groups excluding carboxylic acids is 1. The van der Waals surface area contributed by atoms with E-state index >= 15 is 0 Å². The molecule has 0 atom stereocenters. The van der Waals surface area contributed by atoms with E-state index in [1.807, 2.05) is 0 Å². The van der Waals surface area contributed by atoms with Crippen LogP contribution in [0.3, 0.4) is 0 Å². The zero-order valence-corrected chi connectivity index (χ0v) is 8.46. The van der Waals surface area contributed by atoms with E-state index in [4.69, 9.17) is 5.73 Å². The smallest absolute Gasteiger partial charge is 0.266 e. The van der Waals surface area contributed by atoms with Crippen LogP contribution >= 0.6 is 22.6 Å². The zero-order chi connectivity index (χ0) is 10.0. The van der Waals surface area contributed by atoms with Crippen molar-refractivity contribution in [2.24, 2.45) is 0 Å². The van der Waals surface area contributed by atoms with E-state index in [0.717, 1.165) is 6.07 Å². The second kappa shape index (κ2) is 3.95. The molecule has 0 saturated carbocycles. The van der Waals surface area contributed by atoms with Crippen molar-refractivity contribution < 1.29 is 13.6 Å². The third-order valence-corrected chi connectivity index (χ3v) is 1.99. The van der Waals surface area contributed by atoms with Crippen LogP contribution in [0.1, 0.15) is 22.5 Å². The van der Waals surface area contributed by atoms with Gasteiger partial charge in [-0.25, -0.2) is 13.8 Å². The number of hydrogen-bond acceptors (Lipinski definition) is 3. The molecule has 0 aliphatic carbocycles. The lowest BCUT2D eigenvalue weighted by atomic mass is 10.2. The predicted molar refractivity (Wildman–Crippen MR) is 51.7 cm³/mol. The Morgan fingerprint density at radius 2 is 2.23 bits per heavy atom. The van der Waals surface area contributed by atoms with Gasteiger partial charge in [-0.05, 0) is 28.7 Å². The molecule has 0 saturated heterocycles. The number of rotatable bonds is 2. The number of anilines is 1. The largest absolute Gasteiger partial charge is 0.396 e. The summed E-state index contributed by atoms with van der Waals surface area (Å²) in [7, 11) is 0. The molecule has 3 nitrogen and oxygen atoms in total. The minimum absolute atomic E-state index is 0.137. The standard InChI is InChI=1S/C7H5F2IN2O/c8-7(9)3-1-5(10)12-4(2-13)6(3)11/h1-2,7H,11H2. The van der Waals surface area contributed by atoms with Crippen molar-refractivity contribution in [3.63, 3.8) is 0 Å². The summed E-state index contributed by atoms with van der Waals surface area (Å²) in [5, 5.41) is 0. The van der Waals surface area contributed by atoms with Crippen LogP contribution in [0.5, 0.6) is 0 Å². The van der Waals surface area contributed by atoms with Crippen LogP contribution in [0.2, 0.25) is 0 Å². The average molecular weight is 298 g/mol. The van der Waals surface area contributed by atoms with Crippen LogP contribution in [0.15, 0.2) is 6.07 Å². The highest BCUT2D eigenvalue weighted by atomic mass is 127. The molecule has 0 unspecified atom stereocenters. The van der Waals surface area contributed by atoms with Crippen molar-refractivity contribution in [1.82, 2.24) is 4.98 Å². The predicted octanol–water partition coefficient (Wildman–Crippen LogP) is 2.02. The number of nitrogens with zero attached hydrogens (tertiary/aromatic N) is 1. The number of hydrogen-bond donors (Lipinski definition) is 1. The van der Waals surface area contributed by atoms with Gasteiger partial charge in [0.2, 0.25) is 0 Å². The van der Waals surface area contributed by atoms with Gasteiger partial charge in [-0.2, -0.15) is 0 Å². The van der Waals surface area contributed by atoms with E-state index in [1.54, 1.807) is 22.6 Å². The van der Waals surface area contributed by atoms with Gasteiger partial charge in [-0.3, -0.25) is 4.79 Å². The first-order chi connectivity index (χ1) is 6.06. The van der Waals surface area contributed by atoms with E-state index in [9.17, 15) is 13.6 Å². The number of aldehydes is 1. The van der Waals surface area contributed by atoms with Crippen molar-refractivity contribution in [1.29, 1.82) is 0 Å². The molecule has 6 heteroatoms. The lowest BCUT2D eigenvalue weighted by molar-refractivity contribution is 0.111. The van der Waals surface area contributed by atoms with Gasteiger partial charge in [0, 0.05) is 5.56 Å². The highest BCUT2D eigenvalue weighted by Crippen LogP contribution is 2.27. The lowest BCUT2D eigenvalue weighted by Gasteiger charge is -2.06. The summed E-state index contributed by atoms with van der Waals surface area (Å²) in [5.41, 5.74) is 4.56. The number of carbonyl (C=O) groups is 1. The fraction of sp³-hybridized carbons (Fsp3) is 0.143. The summed E-state index contributed by atoms with van der Waals surface area (Å²) < 4.78 is 24.9. The third-order valence-electron chi connectivity index (χ3n) is 1.44. The van der Waals surface area contributed by atoms with E-state index in [0.29, 0.717) is 9.99 Å². The van der Waals surface area contributed by atoms with Gasteiger partial charge in [0.05, 0.1) is 5.69 Å². The Kier molecular flexibility index (Phi) is 3.12. The Balaban J connectivity index is 3.35. The Morgan fingerprint density at radius 3 is 2.69 bits per heavy atom. The average Bonchev–Trinajstić information content (AvgIpc) is 2.08. The van der Waals surface area contributed by atoms with Gasteiger partial charge < -0.3 is 5.73 Å². The topological polar surface area (TPSA) is 56.0 Å². The number of nitrogen functional groups attached to an aromatic ring is 1. The quantitative estimate of drug-likeness (QED) is 0.516. The normalized spacial score (nSPS) is 10.5. The maximum atomic E-state index is 12.3. The van der Waals surface area contributed by atoms with Gasteiger partial charge in [0.15, 0.2) is 6.29 Å². The molecule has 0 aliphatic heterocycles. The summed E-state index contributed by atoms with van der Waals surface area (Å²) in [5.74, 6) is 0. The molecular weight excluding hydrogens is 293 g/mol. The molecule has 1 rings (SSSR count). The fourth-order valence-corrected chi connectivity index (χ4v) is 1.43. The molecule has 1 aromatic rings. The molecule has 0 amide bonds. The van der Waals surface area contributed by atoms with Crippen molar-refractivity contribution in [3.05, 3.63) is 21.0 Å². The van der Waals surface area contributed by atoms with E-state index < -0.39 is 6.43 Å². The van der Waals surface area contributed by atoms with Crippen LogP contribution in [0, 0.1) is 3.70 Å². The van der Waals surface area contributed by atoms with Crippen molar-refractivity contribution in [3.8, 4) is 0 Å². The minimum atomic E-state index is -2.68. The van der Waals surface area contributed by atoms with Crippen LogP contribution in [0.4, 0.5) is 14.5 Å². The van der Waals surface area contributed by atoms with Crippen molar-refractivity contribution in [2.45, 2.75) is 6.43 Å². The molecule has 0 fully saturated rings. The molecule has 13 heavy (non-hydrogen) atoms. The molecule has 1 aromatic heterocycles. The number of aromatic nitrogens is 1. The molecule has 0 bridgehead atoms. The SMILES string of the molecule is Nc1c(C(F)F)cc(I)nc1C=O. The highest BCUT2D eigenvalue weighted by Gasteiger charge is 2.15. The van der Waals surface area contributed by atoms with Crippen LogP contribution < -0.4 is 5.73 Å². The first-order valence-electron chi connectivity index (χ1n) is 3.25. The second-order valence-electron chi connectivity index (χ2n) is 2.25. The van der Waals surface area contributed by atoms with Crippen molar-refractivity contribution >= 4 is 34.6 Å². The molecule has 2 N–H and O–H groups in total. The van der Waals surface area contributed by atoms with Gasteiger partial charge in [0.25, 0.3) is 6.43 Å². The fourth-order valence-electron chi connectivity index (χ4n) is 0.832. The number of halogens is 3. The Hall–Kier alpha value is -0.790. The summed E-state index contributed by atoms with van der Waals surface area (Å²) in [6, 6.07) is 1.16. The Labute approximate surface area is 86.5 Å². The van der Waals surface area contributed by atoms with Crippen LogP contribution in [-0.2, 0) is 0 Å². The van der Waals surface area contributed by atoms with Crippen LogP contribution in [-0.4, -0.2) is 11.3 Å². The summed E-state index contributed by atoms with van der Waals surface area (Å²) in [6.07, 6.45) is -2.32. The molecule has 1 heterocycles. The number of nitrogens with two attached hydrogens (primary N) is 1. The summed E-state index contributed by atoms with van der Waals surface area (Å²) >= 11 is 1.75. The Bertz CT molecular complexity index is 344. The first kappa shape index (κ1) is 10.3. The first-order valence-corrected chi connectivity index (χ1v) is 4.33. The van der Waals surface area contributed by atoms with E-state index in [-0.39, 0.29) is 16.9 Å². The van der Waals surface area contributed by atoms with Gasteiger partial charge >= 0.3 is 0 Å². The second-order valence-corrected chi connectivity index (χ2v) is 3.36. The molecule has 0 aromatic carbocycles. The Morgan fingerprint density at radius 1 is 1.62 bits per heavy atom. The van der Waals surface area contributed by atoms with E-state index in [1.165, 1.54) is 0 Å². The minimum Gasteiger partial charge on any atom is -0.396 e. The molecule has 0 radical (unpaired) electrons.